The number of anilines is 2. The fraction of sp³-hybridized carbons (Fsp3) is 0.375. The Hall–Kier alpha value is -2.02. The van der Waals surface area contributed by atoms with Crippen LogP contribution in [0, 0.1) is 0 Å². The molecule has 3 N–H and O–H groups in total. The minimum Gasteiger partial charge on any atom is -0.514 e. The van der Waals surface area contributed by atoms with Gasteiger partial charge in [-0.3, -0.25) is 0 Å². The van der Waals surface area contributed by atoms with Crippen LogP contribution in [-0.2, 0) is 16.6 Å². The summed E-state index contributed by atoms with van der Waals surface area (Å²) in [5.74, 6) is 1.15. The maximum atomic E-state index is 12.2. The summed E-state index contributed by atoms with van der Waals surface area (Å²) in [4.78, 5) is 0. The van der Waals surface area contributed by atoms with Gasteiger partial charge in [0.25, 0.3) is 10.0 Å². The monoisotopic (exact) mass is 445 g/mol. The minimum atomic E-state index is -3.72. The third-order valence-corrected chi connectivity index (χ3v) is 7.25. The van der Waals surface area contributed by atoms with Gasteiger partial charge in [0.1, 0.15) is 6.26 Å². The molecular weight excluding hydrogens is 422 g/mol. The molecule has 12 heteroatoms. The van der Waals surface area contributed by atoms with Crippen LogP contribution >= 0.6 is 23.5 Å². The second-order valence-electron chi connectivity index (χ2n) is 5.82. The molecule has 0 bridgehead atoms. The van der Waals surface area contributed by atoms with Crippen molar-refractivity contribution in [1.82, 2.24) is 13.1 Å². The fourth-order valence-electron chi connectivity index (χ4n) is 2.00. The Bertz CT molecular complexity index is 905. The van der Waals surface area contributed by atoms with E-state index in [-0.39, 0.29) is 4.24 Å². The van der Waals surface area contributed by atoms with Gasteiger partial charge in [-0.05, 0) is 17.9 Å². The van der Waals surface area contributed by atoms with Gasteiger partial charge in [-0.1, -0.05) is 25.1 Å². The molecule has 0 amide bonds. The van der Waals surface area contributed by atoms with Crippen molar-refractivity contribution in [3.63, 3.8) is 0 Å². The van der Waals surface area contributed by atoms with Crippen molar-refractivity contribution in [2.24, 2.45) is 0 Å². The molecule has 2 rings (SSSR count). The third kappa shape index (κ3) is 5.99. The molecule has 28 heavy (non-hydrogen) atoms. The number of aliphatic hydroxyl groups is 1. The number of rotatable bonds is 11. The lowest BCUT2D eigenvalue weighted by molar-refractivity contribution is 0.470. The molecule has 0 aliphatic carbocycles. The molecule has 0 aliphatic heterocycles. The fourth-order valence-corrected chi connectivity index (χ4v) is 4.56. The molecule has 9 nitrogen and oxygen atoms in total. The predicted octanol–water partition coefficient (Wildman–Crippen LogP) is 3.78. The van der Waals surface area contributed by atoms with Gasteiger partial charge in [-0.2, -0.15) is 8.75 Å². The lowest BCUT2D eigenvalue weighted by atomic mass is 10.3. The van der Waals surface area contributed by atoms with E-state index in [0.29, 0.717) is 30.9 Å². The van der Waals surface area contributed by atoms with Crippen molar-refractivity contribution in [3.8, 4) is 0 Å². The van der Waals surface area contributed by atoms with Crippen LogP contribution in [0.2, 0.25) is 0 Å². The number of nitrogens with one attached hydrogen (secondary N) is 2. The molecule has 154 valence electrons. The van der Waals surface area contributed by atoms with Crippen LogP contribution in [0.4, 0.5) is 11.6 Å². The zero-order valence-electron chi connectivity index (χ0n) is 15.7. The topological polar surface area (TPSA) is 121 Å². The average molecular weight is 446 g/mol. The number of furan rings is 1. The molecule has 0 radical (unpaired) electrons. The Morgan fingerprint density at radius 2 is 2.14 bits per heavy atom. The second kappa shape index (κ2) is 10.5. The first-order valence-electron chi connectivity index (χ1n) is 8.35. The summed E-state index contributed by atoms with van der Waals surface area (Å²) in [6.07, 6.45) is 5.36. The number of sulfonamides is 1. The van der Waals surface area contributed by atoms with E-state index < -0.39 is 10.0 Å². The van der Waals surface area contributed by atoms with E-state index in [1.54, 1.807) is 17.9 Å². The van der Waals surface area contributed by atoms with Crippen LogP contribution in [0.3, 0.4) is 0 Å². The van der Waals surface area contributed by atoms with Gasteiger partial charge in [-0.25, -0.2) is 12.7 Å². The van der Waals surface area contributed by atoms with Gasteiger partial charge in [0.05, 0.1) is 24.3 Å². The van der Waals surface area contributed by atoms with Crippen molar-refractivity contribution in [2.75, 3.05) is 24.7 Å². The number of nitrogens with zero attached hydrogens (tertiary/aromatic N) is 3. The van der Waals surface area contributed by atoms with Crippen LogP contribution in [0.15, 0.2) is 44.6 Å². The van der Waals surface area contributed by atoms with E-state index in [9.17, 15) is 13.5 Å². The van der Waals surface area contributed by atoms with Crippen LogP contribution in [0.1, 0.15) is 25.3 Å². The van der Waals surface area contributed by atoms with Gasteiger partial charge in [0.2, 0.25) is 0 Å². The standard InChI is InChI=1S/C16H23N5O4S3/c1-4-5-13(11-26-14(9-22)28(23,24)21(2)3)18-16-15(19-27-20-16)17-8-12-6-7-25-10-12/h6-7,9-11,22H,4-5,8H2,1-3H3,(H,17,19)(H,18,20)/b13-11+,14-9-. The molecular formula is C16H23N5O4S3. The number of aromatic nitrogens is 2. The highest BCUT2D eigenvalue weighted by Gasteiger charge is 2.21. The summed E-state index contributed by atoms with van der Waals surface area (Å²) in [6.45, 7) is 2.55. The van der Waals surface area contributed by atoms with Crippen LogP contribution in [0.25, 0.3) is 0 Å². The second-order valence-corrected chi connectivity index (χ2v) is 9.64. The number of thioether (sulfide) groups is 1. The van der Waals surface area contributed by atoms with Crippen molar-refractivity contribution in [2.45, 2.75) is 26.3 Å². The summed E-state index contributed by atoms with van der Waals surface area (Å²) in [5.41, 5.74) is 1.74. The Morgan fingerprint density at radius 3 is 2.75 bits per heavy atom. The lowest BCUT2D eigenvalue weighted by Crippen LogP contribution is -2.22. The highest BCUT2D eigenvalue weighted by atomic mass is 32.3. The Labute approximate surface area is 172 Å². The SMILES string of the molecule is CCC/C(=C\S/C(=C/O)S(=O)(=O)N(C)C)Nc1nsnc1NCc1ccoc1. The number of hydrogen-bond acceptors (Lipinski definition) is 10. The maximum absolute atomic E-state index is 12.2. The minimum absolute atomic E-state index is 0.164. The zero-order valence-corrected chi connectivity index (χ0v) is 18.2. The molecule has 2 heterocycles. The highest BCUT2D eigenvalue weighted by Crippen LogP contribution is 2.28. The zero-order chi connectivity index (χ0) is 20.6. The summed E-state index contributed by atoms with van der Waals surface area (Å²) in [5, 5.41) is 17.4. The molecule has 0 unspecified atom stereocenters. The summed E-state index contributed by atoms with van der Waals surface area (Å²) < 4.78 is 38.8. The highest BCUT2D eigenvalue weighted by molar-refractivity contribution is 8.19. The molecule has 0 atom stereocenters. The van der Waals surface area contributed by atoms with Crippen LogP contribution in [0.5, 0.6) is 0 Å². The molecule has 0 saturated heterocycles. The molecule has 0 aliphatic rings. The van der Waals surface area contributed by atoms with Gasteiger partial charge in [-0.15, -0.1) is 0 Å². The lowest BCUT2D eigenvalue weighted by Gasteiger charge is -2.13. The summed E-state index contributed by atoms with van der Waals surface area (Å²) >= 11 is 1.99. The first kappa shape index (κ1) is 22.3. The van der Waals surface area contributed by atoms with E-state index in [0.717, 1.165) is 45.5 Å². The molecule has 2 aromatic heterocycles. The van der Waals surface area contributed by atoms with Crippen LogP contribution in [-0.4, -0.2) is 40.7 Å². The smallest absolute Gasteiger partial charge is 0.252 e. The van der Waals surface area contributed by atoms with E-state index in [1.165, 1.54) is 14.1 Å². The largest absolute Gasteiger partial charge is 0.514 e. The Balaban J connectivity index is 2.10. The van der Waals surface area contributed by atoms with Crippen LogP contribution < -0.4 is 10.6 Å². The number of aliphatic hydroxyl groups excluding tert-OH is 1. The quantitative estimate of drug-likeness (QED) is 0.444. The molecule has 0 fully saturated rings. The van der Waals surface area contributed by atoms with Crippen molar-refractivity contribution in [1.29, 1.82) is 0 Å². The van der Waals surface area contributed by atoms with E-state index in [4.69, 9.17) is 4.42 Å². The van der Waals surface area contributed by atoms with Gasteiger partial charge < -0.3 is 20.2 Å². The van der Waals surface area contributed by atoms with E-state index in [2.05, 4.69) is 19.4 Å². The van der Waals surface area contributed by atoms with E-state index in [1.807, 2.05) is 13.0 Å². The molecule has 2 aromatic rings. The third-order valence-electron chi connectivity index (χ3n) is 3.48. The van der Waals surface area contributed by atoms with E-state index >= 15 is 0 Å². The van der Waals surface area contributed by atoms with Crippen molar-refractivity contribution in [3.05, 3.63) is 45.8 Å². The predicted molar refractivity (Wildman–Crippen MR) is 113 cm³/mol. The summed E-state index contributed by atoms with van der Waals surface area (Å²) in [7, 11) is -0.896. The number of allylic oxidation sites excluding steroid dienone is 1. The first-order valence-corrected chi connectivity index (χ1v) is 11.4. The molecule has 0 aromatic carbocycles. The Kier molecular flexibility index (Phi) is 8.35. The van der Waals surface area contributed by atoms with Gasteiger partial charge in [0, 0.05) is 31.9 Å². The summed E-state index contributed by atoms with van der Waals surface area (Å²) in [6, 6.07) is 1.85. The van der Waals surface area contributed by atoms with Crippen molar-refractivity contribution < 1.29 is 17.9 Å². The normalized spacial score (nSPS) is 13.1. The van der Waals surface area contributed by atoms with Crippen molar-refractivity contribution >= 4 is 45.1 Å². The maximum Gasteiger partial charge on any atom is 0.252 e. The Morgan fingerprint density at radius 1 is 1.39 bits per heavy atom. The number of hydrogen-bond donors (Lipinski definition) is 3. The van der Waals surface area contributed by atoms with Gasteiger partial charge in [0.15, 0.2) is 15.9 Å². The molecule has 0 spiro atoms. The van der Waals surface area contributed by atoms with Gasteiger partial charge >= 0.3 is 0 Å². The average Bonchev–Trinajstić information content (AvgIpc) is 3.32. The first-order chi connectivity index (χ1) is 13.4. The molecule has 0 saturated carbocycles.